The Morgan fingerprint density at radius 2 is 1.67 bits per heavy atom. The second-order valence-electron chi connectivity index (χ2n) is 6.91. The summed E-state index contributed by atoms with van der Waals surface area (Å²) in [5, 5.41) is 9.27. The first kappa shape index (κ1) is 16.7. The normalized spacial score (nSPS) is 26.2. The van der Waals surface area contributed by atoms with Crippen LogP contribution in [0.3, 0.4) is 0 Å². The summed E-state index contributed by atoms with van der Waals surface area (Å²) in [5.74, 6) is 1.25. The molecule has 24 heavy (non-hydrogen) atoms. The first-order chi connectivity index (χ1) is 11.3. The Bertz CT molecular complexity index is 708. The zero-order valence-electron chi connectivity index (χ0n) is 13.4. The topological polar surface area (TPSA) is 27.0 Å². The van der Waals surface area contributed by atoms with Crippen LogP contribution >= 0.6 is 0 Å². The average Bonchev–Trinajstić information content (AvgIpc) is 2.64. The van der Waals surface area contributed by atoms with Gasteiger partial charge in [-0.15, -0.1) is 0 Å². The Morgan fingerprint density at radius 1 is 0.958 bits per heavy atom. The number of benzene rings is 2. The second-order valence-corrected chi connectivity index (χ2v) is 6.91. The van der Waals surface area contributed by atoms with Gasteiger partial charge in [-0.2, -0.15) is 5.26 Å². The summed E-state index contributed by atoms with van der Waals surface area (Å²) in [6.45, 7) is 2.47. The number of hydrogen-bond acceptors (Lipinski definition) is 2. The molecule has 3 aliphatic heterocycles. The number of rotatable bonds is 3. The van der Waals surface area contributed by atoms with E-state index in [0.717, 1.165) is 11.5 Å². The fraction of sp³-hybridized carbons (Fsp3) is 0.409. The van der Waals surface area contributed by atoms with Gasteiger partial charge in [0.2, 0.25) is 0 Å². The van der Waals surface area contributed by atoms with Crippen molar-refractivity contribution < 1.29 is 0 Å². The average molecular weight is 318 g/mol. The summed E-state index contributed by atoms with van der Waals surface area (Å²) in [7, 11) is 0. The van der Waals surface area contributed by atoms with Crippen LogP contribution in [0.5, 0.6) is 0 Å². The van der Waals surface area contributed by atoms with E-state index < -0.39 is 0 Å². The monoisotopic (exact) mass is 318 g/mol. The molecule has 0 aliphatic carbocycles. The largest absolute Gasteiger partial charge is 0.299 e. The molecule has 0 saturated carbocycles. The van der Waals surface area contributed by atoms with E-state index in [-0.39, 0.29) is 7.43 Å². The zero-order chi connectivity index (χ0) is 15.6. The van der Waals surface area contributed by atoms with Crippen LogP contribution < -0.4 is 0 Å². The third-order valence-corrected chi connectivity index (χ3v) is 5.61. The van der Waals surface area contributed by atoms with Gasteiger partial charge in [0.25, 0.3) is 0 Å². The smallest absolute Gasteiger partial charge is 0.0991 e. The Morgan fingerprint density at radius 3 is 2.29 bits per heavy atom. The molecule has 0 spiro atoms. The summed E-state index contributed by atoms with van der Waals surface area (Å²) in [6.07, 6.45) is 4.00. The first-order valence-corrected chi connectivity index (χ1v) is 8.64. The number of piperidine rings is 3. The predicted octanol–water partition coefficient (Wildman–Crippen LogP) is 4.81. The molecule has 3 aliphatic rings. The standard InChI is InChI=1S/C21H22N2.CH4/c22-15-17-5-4-8-19(13-17)21(18-6-2-1-3-7-18)20-14-16-9-11-23(20)12-10-16;/h1-8,13,16,20-21H,9-12,14H2;1H4. The lowest BCUT2D eigenvalue weighted by Crippen LogP contribution is -2.51. The molecule has 3 heterocycles. The highest BCUT2D eigenvalue weighted by molar-refractivity contribution is 5.40. The minimum atomic E-state index is 0. The van der Waals surface area contributed by atoms with Crippen molar-refractivity contribution in [2.75, 3.05) is 13.1 Å². The molecule has 2 atom stereocenters. The highest BCUT2D eigenvalue weighted by Gasteiger charge is 2.39. The van der Waals surface area contributed by atoms with Crippen LogP contribution in [0.15, 0.2) is 54.6 Å². The van der Waals surface area contributed by atoms with Crippen molar-refractivity contribution >= 4 is 0 Å². The Balaban J connectivity index is 0.00000169. The molecular formula is C22H26N2. The third-order valence-electron chi connectivity index (χ3n) is 5.61. The van der Waals surface area contributed by atoms with E-state index in [9.17, 15) is 5.26 Å². The van der Waals surface area contributed by atoms with Gasteiger partial charge < -0.3 is 0 Å². The van der Waals surface area contributed by atoms with Crippen LogP contribution in [0.4, 0.5) is 0 Å². The summed E-state index contributed by atoms with van der Waals surface area (Å²) in [5.41, 5.74) is 3.42. The molecular weight excluding hydrogens is 292 g/mol. The summed E-state index contributed by atoms with van der Waals surface area (Å²) >= 11 is 0. The lowest BCUT2D eigenvalue weighted by Gasteiger charge is -2.48. The van der Waals surface area contributed by atoms with E-state index in [1.165, 1.54) is 43.5 Å². The second kappa shape index (κ2) is 7.20. The van der Waals surface area contributed by atoms with Gasteiger partial charge in [0.1, 0.15) is 0 Å². The highest BCUT2D eigenvalue weighted by atomic mass is 15.2. The lowest BCUT2D eigenvalue weighted by atomic mass is 9.74. The molecule has 2 nitrogen and oxygen atoms in total. The van der Waals surface area contributed by atoms with Gasteiger partial charge in [0.05, 0.1) is 11.6 Å². The van der Waals surface area contributed by atoms with Crippen molar-refractivity contribution in [3.8, 4) is 6.07 Å². The van der Waals surface area contributed by atoms with Crippen LogP contribution in [-0.2, 0) is 0 Å². The van der Waals surface area contributed by atoms with E-state index in [0.29, 0.717) is 12.0 Å². The van der Waals surface area contributed by atoms with Gasteiger partial charge in [0, 0.05) is 12.0 Å². The van der Waals surface area contributed by atoms with Gasteiger partial charge >= 0.3 is 0 Å². The Hall–Kier alpha value is -2.11. The third kappa shape index (κ3) is 3.09. The van der Waals surface area contributed by atoms with E-state index in [4.69, 9.17) is 0 Å². The lowest BCUT2D eigenvalue weighted by molar-refractivity contribution is 0.0411. The minimum absolute atomic E-state index is 0. The number of fused-ring (bicyclic) bond motifs is 3. The molecule has 3 fully saturated rings. The van der Waals surface area contributed by atoms with Crippen molar-refractivity contribution in [3.05, 3.63) is 71.3 Å². The van der Waals surface area contributed by atoms with Crippen molar-refractivity contribution in [2.24, 2.45) is 5.92 Å². The maximum atomic E-state index is 9.27. The summed E-state index contributed by atoms with van der Waals surface area (Å²) in [6, 6.07) is 21.9. The maximum absolute atomic E-state index is 9.27. The summed E-state index contributed by atoms with van der Waals surface area (Å²) in [4.78, 5) is 2.68. The van der Waals surface area contributed by atoms with Crippen LogP contribution in [0.25, 0.3) is 0 Å². The molecule has 2 bridgehead atoms. The number of nitrogens with zero attached hydrogens (tertiary/aromatic N) is 2. The quantitative estimate of drug-likeness (QED) is 0.812. The van der Waals surface area contributed by atoms with Crippen LogP contribution in [0.1, 0.15) is 49.3 Å². The number of nitriles is 1. The van der Waals surface area contributed by atoms with Gasteiger partial charge in [-0.1, -0.05) is 49.9 Å². The molecule has 5 rings (SSSR count). The predicted molar refractivity (Wildman–Crippen MR) is 98.9 cm³/mol. The fourth-order valence-corrected chi connectivity index (χ4v) is 4.46. The zero-order valence-corrected chi connectivity index (χ0v) is 13.4. The number of hydrogen-bond donors (Lipinski definition) is 0. The van der Waals surface area contributed by atoms with E-state index in [1.54, 1.807) is 0 Å². The molecule has 2 unspecified atom stereocenters. The van der Waals surface area contributed by atoms with Crippen LogP contribution in [0, 0.1) is 17.2 Å². The molecule has 0 aromatic heterocycles. The van der Waals surface area contributed by atoms with E-state index >= 15 is 0 Å². The van der Waals surface area contributed by atoms with Gasteiger partial charge in [-0.25, -0.2) is 0 Å². The van der Waals surface area contributed by atoms with E-state index in [1.807, 2.05) is 12.1 Å². The molecule has 2 aromatic carbocycles. The highest BCUT2D eigenvalue weighted by Crippen LogP contribution is 2.41. The molecule has 2 aromatic rings. The van der Waals surface area contributed by atoms with E-state index in [2.05, 4.69) is 53.4 Å². The van der Waals surface area contributed by atoms with Crippen LogP contribution in [-0.4, -0.2) is 24.0 Å². The van der Waals surface area contributed by atoms with Crippen molar-refractivity contribution in [1.82, 2.24) is 4.90 Å². The van der Waals surface area contributed by atoms with Crippen molar-refractivity contribution in [2.45, 2.75) is 38.6 Å². The molecule has 2 heteroatoms. The molecule has 0 radical (unpaired) electrons. The van der Waals surface area contributed by atoms with Gasteiger partial charge in [-0.05, 0) is 61.5 Å². The Labute approximate surface area is 145 Å². The van der Waals surface area contributed by atoms with Crippen molar-refractivity contribution in [3.63, 3.8) is 0 Å². The van der Waals surface area contributed by atoms with Gasteiger partial charge in [-0.3, -0.25) is 4.90 Å². The molecule has 3 saturated heterocycles. The molecule has 124 valence electrons. The first-order valence-electron chi connectivity index (χ1n) is 8.64. The van der Waals surface area contributed by atoms with Crippen molar-refractivity contribution in [1.29, 1.82) is 5.26 Å². The minimum Gasteiger partial charge on any atom is -0.299 e. The maximum Gasteiger partial charge on any atom is 0.0991 e. The Kier molecular flexibility index (Phi) is 5.02. The SMILES string of the molecule is C.N#Cc1cccc(C(c2ccccc2)C2CC3CCN2CC3)c1. The van der Waals surface area contributed by atoms with Crippen LogP contribution in [0.2, 0.25) is 0 Å². The summed E-state index contributed by atoms with van der Waals surface area (Å²) < 4.78 is 0. The molecule has 0 amide bonds. The van der Waals surface area contributed by atoms with Gasteiger partial charge in [0.15, 0.2) is 0 Å². The fourth-order valence-electron chi connectivity index (χ4n) is 4.46. The molecule has 0 N–H and O–H groups in total.